The Bertz CT molecular complexity index is 468. The van der Waals surface area contributed by atoms with Gasteiger partial charge in [-0.3, -0.25) is 0 Å². The summed E-state index contributed by atoms with van der Waals surface area (Å²) >= 11 is 0. The monoisotopic (exact) mass is 277 g/mol. The molecule has 6 nitrogen and oxygen atoms in total. The zero-order chi connectivity index (χ0) is 14.7. The summed E-state index contributed by atoms with van der Waals surface area (Å²) in [7, 11) is 5.47. The van der Waals surface area contributed by atoms with Gasteiger partial charge in [-0.2, -0.15) is 0 Å². The second kappa shape index (κ2) is 6.07. The molecule has 0 unspecified atom stereocenters. The van der Waals surface area contributed by atoms with Crippen molar-refractivity contribution in [2.45, 2.75) is 25.8 Å². The lowest BCUT2D eigenvalue weighted by Crippen LogP contribution is -2.48. The highest BCUT2D eigenvalue weighted by Crippen LogP contribution is 2.20. The van der Waals surface area contributed by atoms with Gasteiger partial charge >= 0.3 is 6.03 Å². The lowest BCUT2D eigenvalue weighted by molar-refractivity contribution is 0.155. The number of hydrogen-bond donors (Lipinski definition) is 0. The summed E-state index contributed by atoms with van der Waals surface area (Å²) in [6.45, 7) is 3.82. The molecule has 0 N–H and O–H groups in total. The molecule has 0 radical (unpaired) electrons. The fourth-order valence-electron chi connectivity index (χ4n) is 2.57. The smallest absolute Gasteiger partial charge is 0.319 e. The number of urea groups is 1. The first-order valence-electron chi connectivity index (χ1n) is 6.96. The SMILES string of the molecule is Cc1cc(N2CCC(N(C)C(=O)N(C)C)CC2)ncn1. The summed E-state index contributed by atoms with van der Waals surface area (Å²) in [4.78, 5) is 26.1. The molecule has 2 rings (SSSR count). The number of anilines is 1. The fourth-order valence-corrected chi connectivity index (χ4v) is 2.57. The lowest BCUT2D eigenvalue weighted by Gasteiger charge is -2.38. The quantitative estimate of drug-likeness (QED) is 0.819. The Hall–Kier alpha value is -1.85. The Kier molecular flexibility index (Phi) is 4.42. The van der Waals surface area contributed by atoms with Crippen LogP contribution in [0.3, 0.4) is 0 Å². The van der Waals surface area contributed by atoms with Crippen molar-refractivity contribution in [1.29, 1.82) is 0 Å². The van der Waals surface area contributed by atoms with Crippen LogP contribution in [0.4, 0.5) is 10.6 Å². The van der Waals surface area contributed by atoms with Gasteiger partial charge in [0.1, 0.15) is 12.1 Å². The first-order valence-corrected chi connectivity index (χ1v) is 6.96. The van der Waals surface area contributed by atoms with Gasteiger partial charge in [0.25, 0.3) is 0 Å². The highest BCUT2D eigenvalue weighted by molar-refractivity contribution is 5.73. The van der Waals surface area contributed by atoms with Crippen molar-refractivity contribution in [3.63, 3.8) is 0 Å². The van der Waals surface area contributed by atoms with Crippen molar-refractivity contribution < 1.29 is 4.79 Å². The molecule has 1 saturated heterocycles. The van der Waals surface area contributed by atoms with Crippen molar-refractivity contribution >= 4 is 11.8 Å². The molecule has 2 heterocycles. The predicted octanol–water partition coefficient (Wildman–Crippen LogP) is 1.37. The van der Waals surface area contributed by atoms with Gasteiger partial charge in [-0.15, -0.1) is 0 Å². The van der Waals surface area contributed by atoms with Crippen LogP contribution in [0, 0.1) is 6.92 Å². The third-order valence-corrected chi connectivity index (χ3v) is 3.81. The summed E-state index contributed by atoms with van der Waals surface area (Å²) in [6.07, 6.45) is 3.55. The van der Waals surface area contributed by atoms with Crippen molar-refractivity contribution in [2.24, 2.45) is 0 Å². The molecule has 0 aromatic carbocycles. The molecule has 20 heavy (non-hydrogen) atoms. The number of carbonyl (C=O) groups excluding carboxylic acids is 1. The van der Waals surface area contributed by atoms with Gasteiger partial charge in [0.15, 0.2) is 0 Å². The van der Waals surface area contributed by atoms with Crippen LogP contribution >= 0.6 is 0 Å². The average molecular weight is 277 g/mol. The molecule has 1 aliphatic rings. The molecule has 2 amide bonds. The molecule has 1 fully saturated rings. The standard InChI is InChI=1S/C14H23N5O/c1-11-9-13(16-10-15-11)19-7-5-12(6-8-19)18(4)14(20)17(2)3/h9-10,12H,5-8H2,1-4H3. The minimum atomic E-state index is 0.0707. The van der Waals surface area contributed by atoms with Crippen LogP contribution in [0.2, 0.25) is 0 Å². The maximum absolute atomic E-state index is 12.0. The Morgan fingerprint density at radius 2 is 1.90 bits per heavy atom. The molecule has 0 bridgehead atoms. The van der Waals surface area contributed by atoms with Crippen LogP contribution in [0.5, 0.6) is 0 Å². The normalized spacial score (nSPS) is 16.1. The van der Waals surface area contributed by atoms with Gasteiger partial charge in [0.05, 0.1) is 0 Å². The number of carbonyl (C=O) groups is 1. The van der Waals surface area contributed by atoms with Crippen LogP contribution in [0.15, 0.2) is 12.4 Å². The third-order valence-electron chi connectivity index (χ3n) is 3.81. The van der Waals surface area contributed by atoms with Gasteiger partial charge in [0.2, 0.25) is 0 Å². The van der Waals surface area contributed by atoms with Gasteiger partial charge < -0.3 is 14.7 Å². The van der Waals surface area contributed by atoms with E-state index in [1.54, 1.807) is 25.3 Å². The Labute approximate surface area is 120 Å². The third kappa shape index (κ3) is 3.18. The fraction of sp³-hybridized carbons (Fsp3) is 0.643. The summed E-state index contributed by atoms with van der Waals surface area (Å²) in [5, 5.41) is 0. The Balaban J connectivity index is 1.94. The van der Waals surface area contributed by atoms with E-state index in [2.05, 4.69) is 14.9 Å². The first-order chi connectivity index (χ1) is 9.49. The van der Waals surface area contributed by atoms with E-state index in [-0.39, 0.29) is 6.03 Å². The zero-order valence-corrected chi connectivity index (χ0v) is 12.7. The Morgan fingerprint density at radius 3 is 2.45 bits per heavy atom. The summed E-state index contributed by atoms with van der Waals surface area (Å²) in [5.41, 5.74) is 0.983. The van der Waals surface area contributed by atoms with Crippen molar-refractivity contribution in [3.05, 3.63) is 18.1 Å². The molecule has 110 valence electrons. The average Bonchev–Trinajstić information content (AvgIpc) is 2.46. The van der Waals surface area contributed by atoms with Gasteiger partial charge in [-0.1, -0.05) is 0 Å². The van der Waals surface area contributed by atoms with Gasteiger partial charge in [-0.25, -0.2) is 14.8 Å². The highest BCUT2D eigenvalue weighted by Gasteiger charge is 2.26. The van der Waals surface area contributed by atoms with Gasteiger partial charge in [0, 0.05) is 52.0 Å². The maximum Gasteiger partial charge on any atom is 0.319 e. The van der Waals surface area contributed by atoms with E-state index in [0.29, 0.717) is 6.04 Å². The first kappa shape index (κ1) is 14.6. The minimum Gasteiger partial charge on any atom is -0.356 e. The van der Waals surface area contributed by atoms with Crippen LogP contribution in [0.25, 0.3) is 0 Å². The lowest BCUT2D eigenvalue weighted by atomic mass is 10.0. The molecular formula is C14H23N5O. The topological polar surface area (TPSA) is 52.6 Å². The summed E-state index contributed by atoms with van der Waals surface area (Å²) < 4.78 is 0. The predicted molar refractivity (Wildman–Crippen MR) is 78.9 cm³/mol. The molecule has 0 saturated carbocycles. The minimum absolute atomic E-state index is 0.0707. The molecule has 6 heteroatoms. The van der Waals surface area contributed by atoms with Crippen molar-refractivity contribution in [1.82, 2.24) is 19.8 Å². The van der Waals surface area contributed by atoms with Crippen LogP contribution in [-0.2, 0) is 0 Å². The molecule has 0 aliphatic carbocycles. The van der Waals surface area contributed by atoms with E-state index in [1.807, 2.05) is 24.9 Å². The number of aryl methyl sites for hydroxylation is 1. The highest BCUT2D eigenvalue weighted by atomic mass is 16.2. The van der Waals surface area contributed by atoms with Gasteiger partial charge in [-0.05, 0) is 19.8 Å². The van der Waals surface area contributed by atoms with Crippen molar-refractivity contribution in [2.75, 3.05) is 39.1 Å². The number of nitrogens with zero attached hydrogens (tertiary/aromatic N) is 5. The Morgan fingerprint density at radius 1 is 1.25 bits per heavy atom. The van der Waals surface area contributed by atoms with Crippen LogP contribution < -0.4 is 4.90 Å². The molecule has 1 aliphatic heterocycles. The second-order valence-corrected chi connectivity index (χ2v) is 5.52. The second-order valence-electron chi connectivity index (χ2n) is 5.52. The van der Waals surface area contributed by atoms with E-state index in [1.165, 1.54) is 0 Å². The van der Waals surface area contributed by atoms with Crippen molar-refractivity contribution in [3.8, 4) is 0 Å². The summed E-state index contributed by atoms with van der Waals surface area (Å²) in [6, 6.07) is 2.39. The number of aromatic nitrogens is 2. The van der Waals surface area contributed by atoms with E-state index in [0.717, 1.165) is 37.4 Å². The van der Waals surface area contributed by atoms with E-state index in [9.17, 15) is 4.79 Å². The summed E-state index contributed by atoms with van der Waals surface area (Å²) in [5.74, 6) is 0.984. The number of amides is 2. The molecule has 1 aromatic rings. The number of piperidine rings is 1. The molecular weight excluding hydrogens is 254 g/mol. The number of hydrogen-bond acceptors (Lipinski definition) is 4. The van der Waals surface area contributed by atoms with E-state index >= 15 is 0 Å². The molecule has 0 spiro atoms. The van der Waals surface area contributed by atoms with E-state index < -0.39 is 0 Å². The van der Waals surface area contributed by atoms with Crippen LogP contribution in [-0.4, -0.2) is 66.1 Å². The largest absolute Gasteiger partial charge is 0.356 e. The van der Waals surface area contributed by atoms with E-state index in [4.69, 9.17) is 0 Å². The zero-order valence-electron chi connectivity index (χ0n) is 12.7. The molecule has 0 atom stereocenters. The maximum atomic E-state index is 12.0. The van der Waals surface area contributed by atoms with Crippen LogP contribution in [0.1, 0.15) is 18.5 Å². The molecule has 1 aromatic heterocycles. The number of rotatable bonds is 2.